The van der Waals surface area contributed by atoms with Crippen molar-refractivity contribution in [2.24, 2.45) is 0 Å². The van der Waals surface area contributed by atoms with Crippen molar-refractivity contribution >= 4 is 11.6 Å². The van der Waals surface area contributed by atoms with Gasteiger partial charge < -0.3 is 0 Å². The lowest BCUT2D eigenvalue weighted by molar-refractivity contribution is -0.505. The van der Waals surface area contributed by atoms with E-state index < -0.39 is 10.4 Å². The summed E-state index contributed by atoms with van der Waals surface area (Å²) in [6, 6.07) is 8.82. The van der Waals surface area contributed by atoms with E-state index in [-0.39, 0.29) is 5.82 Å². The zero-order valence-corrected chi connectivity index (χ0v) is 8.65. The molecule has 0 spiro atoms. The van der Waals surface area contributed by atoms with Gasteiger partial charge in [0.25, 0.3) is 0 Å². The quantitative estimate of drug-likeness (QED) is 0.347. The van der Waals surface area contributed by atoms with Gasteiger partial charge in [0, 0.05) is 4.92 Å². The number of hydrogen-bond donors (Lipinski definition) is 0. The molecule has 1 aromatic heterocycles. The summed E-state index contributed by atoms with van der Waals surface area (Å²) < 4.78 is 1.24. The van der Waals surface area contributed by atoms with E-state index in [1.54, 1.807) is 24.3 Å². The van der Waals surface area contributed by atoms with Crippen molar-refractivity contribution < 1.29 is 4.92 Å². The number of hydrogen-bond acceptors (Lipinski definition) is 5. The van der Waals surface area contributed by atoms with E-state index in [0.29, 0.717) is 5.69 Å². The molecule has 0 fully saturated rings. The second-order valence-electron chi connectivity index (χ2n) is 2.91. The average molecular weight is 240 g/mol. The molecule has 1 heterocycles. The maximum Gasteiger partial charge on any atom is 0.347 e. The molecule has 0 aliphatic carbocycles. The third-order valence-electron chi connectivity index (χ3n) is 1.89. The number of aromatic nitrogens is 4. The summed E-state index contributed by atoms with van der Waals surface area (Å²) in [7, 11) is 0. The number of benzene rings is 1. The highest BCUT2D eigenvalue weighted by atomic mass is 35.5. The fourth-order valence-corrected chi connectivity index (χ4v) is 1.33. The molecule has 0 saturated heterocycles. The fraction of sp³-hybridized carbons (Fsp3) is 0.125. The molecular weight excluding hydrogens is 234 g/mol. The van der Waals surface area contributed by atoms with Crippen LogP contribution in [0.15, 0.2) is 30.3 Å². The predicted octanol–water partition coefficient (Wildman–Crippen LogP) is 1.18. The van der Waals surface area contributed by atoms with Crippen LogP contribution in [0.4, 0.5) is 0 Å². The van der Waals surface area contributed by atoms with E-state index >= 15 is 0 Å². The van der Waals surface area contributed by atoms with Crippen molar-refractivity contribution in [3.05, 3.63) is 46.3 Å². The summed E-state index contributed by atoms with van der Waals surface area (Å²) in [5.74, 6) is -0.0159. The monoisotopic (exact) mass is 239 g/mol. The first-order valence-corrected chi connectivity index (χ1v) is 4.75. The number of para-hydroxylation sites is 1. The molecule has 82 valence electrons. The number of nitro groups is 1. The van der Waals surface area contributed by atoms with Crippen molar-refractivity contribution in [2.75, 3.05) is 0 Å². The van der Waals surface area contributed by atoms with Crippen molar-refractivity contribution in [1.29, 1.82) is 0 Å². The van der Waals surface area contributed by atoms with Gasteiger partial charge in [-0.25, -0.2) is 0 Å². The Bertz CT molecular complexity index is 500. The lowest BCUT2D eigenvalue weighted by Gasteiger charge is -2.03. The average Bonchev–Trinajstić information content (AvgIpc) is 2.77. The smallest absolute Gasteiger partial charge is 0.262 e. The highest BCUT2D eigenvalue weighted by Gasteiger charge is 2.27. The Morgan fingerprint density at radius 3 is 2.69 bits per heavy atom. The van der Waals surface area contributed by atoms with Gasteiger partial charge in [0.15, 0.2) is 0 Å². The third kappa shape index (κ3) is 1.84. The Hall–Kier alpha value is -2.02. The van der Waals surface area contributed by atoms with Crippen LogP contribution in [0.2, 0.25) is 0 Å². The van der Waals surface area contributed by atoms with E-state index in [1.807, 2.05) is 6.07 Å². The minimum Gasteiger partial charge on any atom is -0.262 e. The largest absolute Gasteiger partial charge is 0.347 e. The minimum atomic E-state index is -1.46. The van der Waals surface area contributed by atoms with Crippen LogP contribution in [0.3, 0.4) is 0 Å². The first-order valence-electron chi connectivity index (χ1n) is 4.31. The van der Waals surface area contributed by atoms with Gasteiger partial charge in [-0.15, -0.1) is 5.10 Å². The van der Waals surface area contributed by atoms with Gasteiger partial charge in [0.1, 0.15) is 0 Å². The fourth-order valence-electron chi connectivity index (χ4n) is 1.19. The molecule has 8 heteroatoms. The first-order chi connectivity index (χ1) is 7.70. The summed E-state index contributed by atoms with van der Waals surface area (Å²) in [5, 5.41) is 21.1. The number of tetrazole rings is 1. The molecule has 1 aromatic carbocycles. The van der Waals surface area contributed by atoms with Crippen molar-refractivity contribution in [3.8, 4) is 5.69 Å². The summed E-state index contributed by atoms with van der Waals surface area (Å²) in [5.41, 5.74) is -0.842. The first kappa shape index (κ1) is 10.5. The van der Waals surface area contributed by atoms with Crippen molar-refractivity contribution in [3.63, 3.8) is 0 Å². The molecular formula is C8H6ClN5O2. The Morgan fingerprint density at radius 1 is 1.38 bits per heavy atom. The van der Waals surface area contributed by atoms with E-state index in [4.69, 9.17) is 11.6 Å². The zero-order valence-electron chi connectivity index (χ0n) is 7.89. The molecule has 0 amide bonds. The maximum atomic E-state index is 10.5. The molecule has 2 aromatic rings. The number of alkyl halides is 1. The van der Waals surface area contributed by atoms with Crippen LogP contribution in [-0.2, 0) is 0 Å². The van der Waals surface area contributed by atoms with Crippen molar-refractivity contribution in [2.45, 2.75) is 5.50 Å². The zero-order chi connectivity index (χ0) is 11.5. The second kappa shape index (κ2) is 4.23. The highest BCUT2D eigenvalue weighted by Crippen LogP contribution is 2.19. The Labute approximate surface area is 94.8 Å². The SMILES string of the molecule is O=[N+]([O-])C(Cl)c1nnnn1-c1ccccc1. The van der Waals surface area contributed by atoms with E-state index in [9.17, 15) is 10.1 Å². The van der Waals surface area contributed by atoms with Crippen LogP contribution >= 0.6 is 11.6 Å². The lowest BCUT2D eigenvalue weighted by atomic mass is 10.3. The molecule has 0 N–H and O–H groups in total. The normalized spacial score (nSPS) is 12.3. The van der Waals surface area contributed by atoms with Gasteiger partial charge in [-0.1, -0.05) is 18.2 Å². The molecule has 0 aliphatic rings. The second-order valence-corrected chi connectivity index (χ2v) is 3.32. The number of halogens is 1. The standard InChI is InChI=1S/C8H6ClN5O2/c9-7(14(15)16)8-10-11-12-13(8)6-4-2-1-3-5-6/h1-5,7H. The predicted molar refractivity (Wildman–Crippen MR) is 54.7 cm³/mol. The van der Waals surface area contributed by atoms with Crippen LogP contribution in [0.1, 0.15) is 11.3 Å². The molecule has 0 radical (unpaired) electrons. The summed E-state index contributed by atoms with van der Waals surface area (Å²) in [4.78, 5) is 9.89. The van der Waals surface area contributed by atoms with Crippen LogP contribution in [0, 0.1) is 10.1 Å². The van der Waals surface area contributed by atoms with Gasteiger partial charge >= 0.3 is 5.50 Å². The van der Waals surface area contributed by atoms with Gasteiger partial charge in [-0.05, 0) is 34.2 Å². The molecule has 1 unspecified atom stereocenters. The maximum absolute atomic E-state index is 10.5. The van der Waals surface area contributed by atoms with Gasteiger partial charge in [0.2, 0.25) is 5.82 Å². The summed E-state index contributed by atoms with van der Waals surface area (Å²) in [6.45, 7) is 0. The Morgan fingerprint density at radius 2 is 2.06 bits per heavy atom. The molecule has 2 rings (SSSR count). The molecule has 0 aliphatic heterocycles. The minimum absolute atomic E-state index is 0.0159. The Balaban J connectivity index is 2.44. The van der Waals surface area contributed by atoms with Crippen LogP contribution in [0.5, 0.6) is 0 Å². The van der Waals surface area contributed by atoms with Gasteiger partial charge in [-0.2, -0.15) is 4.68 Å². The van der Waals surface area contributed by atoms with Crippen LogP contribution in [-0.4, -0.2) is 25.1 Å². The van der Waals surface area contributed by atoms with Gasteiger partial charge in [-0.3, -0.25) is 10.1 Å². The topological polar surface area (TPSA) is 86.7 Å². The molecule has 0 saturated carbocycles. The number of nitrogens with zero attached hydrogens (tertiary/aromatic N) is 5. The van der Waals surface area contributed by atoms with Crippen molar-refractivity contribution in [1.82, 2.24) is 20.2 Å². The van der Waals surface area contributed by atoms with Gasteiger partial charge in [0.05, 0.1) is 5.69 Å². The molecule has 16 heavy (non-hydrogen) atoms. The molecule has 0 bridgehead atoms. The number of rotatable bonds is 3. The summed E-state index contributed by atoms with van der Waals surface area (Å²) >= 11 is 5.58. The Kier molecular flexibility index (Phi) is 2.78. The molecule has 1 atom stereocenters. The lowest BCUT2D eigenvalue weighted by Crippen LogP contribution is -2.11. The van der Waals surface area contributed by atoms with E-state index in [1.165, 1.54) is 4.68 Å². The third-order valence-corrected chi connectivity index (χ3v) is 2.25. The van der Waals surface area contributed by atoms with Crippen LogP contribution in [0.25, 0.3) is 5.69 Å². The van der Waals surface area contributed by atoms with Crippen LogP contribution < -0.4 is 0 Å². The van der Waals surface area contributed by atoms with E-state index in [2.05, 4.69) is 15.5 Å². The molecule has 7 nitrogen and oxygen atoms in total. The van der Waals surface area contributed by atoms with E-state index in [0.717, 1.165) is 0 Å². The highest BCUT2D eigenvalue weighted by molar-refractivity contribution is 6.19. The summed E-state index contributed by atoms with van der Waals surface area (Å²) in [6.07, 6.45) is 0.